The summed E-state index contributed by atoms with van der Waals surface area (Å²) < 4.78 is 32.7. The van der Waals surface area contributed by atoms with E-state index < -0.39 is 0 Å². The third kappa shape index (κ3) is 3.83. The average molecular weight is 388 g/mol. The van der Waals surface area contributed by atoms with Crippen LogP contribution in [0.25, 0.3) is 5.76 Å². The summed E-state index contributed by atoms with van der Waals surface area (Å²) in [6.45, 7) is 0. The summed E-state index contributed by atoms with van der Waals surface area (Å²) in [5.41, 5.74) is 0.876. The summed E-state index contributed by atoms with van der Waals surface area (Å²) >= 11 is 0. The Labute approximate surface area is 164 Å². The van der Waals surface area contributed by atoms with Crippen LogP contribution in [0.5, 0.6) is 23.0 Å². The lowest BCUT2D eigenvalue weighted by Gasteiger charge is -2.20. The van der Waals surface area contributed by atoms with Crippen molar-refractivity contribution in [1.29, 1.82) is 0 Å². The monoisotopic (exact) mass is 388 g/mol. The number of carbonyl (C=O) groups is 1. The molecule has 7 nitrogen and oxygen atoms in total. The second-order valence-electron chi connectivity index (χ2n) is 5.49. The number of hydrogen-bond donors (Lipinski definition) is 0. The molecule has 2 rings (SSSR count). The van der Waals surface area contributed by atoms with Crippen molar-refractivity contribution in [3.05, 3.63) is 53.3 Å². The Morgan fingerprint density at radius 1 is 0.714 bits per heavy atom. The molecule has 0 heterocycles. The van der Waals surface area contributed by atoms with E-state index in [4.69, 9.17) is 28.4 Å². The van der Waals surface area contributed by atoms with Crippen LogP contribution in [0.15, 0.2) is 42.2 Å². The SMILES string of the molecule is COC(C(=O)c1ccccc1)=C(OC)c1cc(OC)c(OC)c(OC)c1OC. The van der Waals surface area contributed by atoms with Gasteiger partial charge >= 0.3 is 0 Å². The van der Waals surface area contributed by atoms with Crippen molar-refractivity contribution in [2.75, 3.05) is 42.7 Å². The number of allylic oxidation sites excluding steroid dienone is 1. The minimum Gasteiger partial charge on any atom is -0.493 e. The van der Waals surface area contributed by atoms with E-state index in [1.807, 2.05) is 6.07 Å². The zero-order valence-corrected chi connectivity index (χ0v) is 16.8. The molecule has 0 saturated heterocycles. The molecular formula is C21H24O7. The molecule has 0 saturated carbocycles. The summed E-state index contributed by atoms with van der Waals surface area (Å²) in [5, 5.41) is 0. The number of methoxy groups -OCH3 is 6. The van der Waals surface area contributed by atoms with Crippen molar-refractivity contribution < 1.29 is 33.2 Å². The van der Waals surface area contributed by atoms with Gasteiger partial charge in [0.1, 0.15) is 0 Å². The first-order chi connectivity index (χ1) is 13.6. The zero-order chi connectivity index (χ0) is 20.7. The zero-order valence-electron chi connectivity index (χ0n) is 16.8. The number of benzene rings is 2. The van der Waals surface area contributed by atoms with Gasteiger partial charge < -0.3 is 28.4 Å². The predicted molar refractivity (Wildman–Crippen MR) is 104 cm³/mol. The number of ketones is 1. The highest BCUT2D eigenvalue weighted by molar-refractivity contribution is 6.11. The smallest absolute Gasteiger partial charge is 0.231 e. The summed E-state index contributed by atoms with van der Waals surface area (Å²) in [7, 11) is 8.79. The molecule has 0 amide bonds. The standard InChI is InChI=1S/C21H24O7/c1-23-15-12-14(18(25-3)21(28-6)19(15)26-4)17(24-2)20(27-5)16(22)13-10-8-7-9-11-13/h7-12H,1-6H3. The molecule has 0 aliphatic rings. The van der Waals surface area contributed by atoms with Crippen LogP contribution in [0.1, 0.15) is 15.9 Å². The first-order valence-corrected chi connectivity index (χ1v) is 8.37. The predicted octanol–water partition coefficient (Wildman–Crippen LogP) is 3.57. The minimum atomic E-state index is -0.337. The maximum atomic E-state index is 13.0. The fourth-order valence-electron chi connectivity index (χ4n) is 2.84. The molecule has 0 unspecified atom stereocenters. The van der Waals surface area contributed by atoms with E-state index in [0.717, 1.165) is 0 Å². The van der Waals surface area contributed by atoms with Crippen LogP contribution in [0.4, 0.5) is 0 Å². The van der Waals surface area contributed by atoms with Gasteiger partial charge in [0.15, 0.2) is 17.3 Å². The number of ether oxygens (including phenoxy) is 6. The van der Waals surface area contributed by atoms with E-state index in [0.29, 0.717) is 34.1 Å². The molecule has 0 bridgehead atoms. The average Bonchev–Trinajstić information content (AvgIpc) is 2.75. The molecule has 0 fully saturated rings. The van der Waals surface area contributed by atoms with E-state index in [-0.39, 0.29) is 17.3 Å². The summed E-state index contributed by atoms with van der Waals surface area (Å²) in [5.74, 6) is 1.20. The molecule has 7 heteroatoms. The third-order valence-corrected chi connectivity index (χ3v) is 4.09. The van der Waals surface area contributed by atoms with Crippen molar-refractivity contribution in [1.82, 2.24) is 0 Å². The van der Waals surface area contributed by atoms with Crippen molar-refractivity contribution in [2.24, 2.45) is 0 Å². The lowest BCUT2D eigenvalue weighted by Crippen LogP contribution is -2.11. The molecule has 0 radical (unpaired) electrons. The van der Waals surface area contributed by atoms with Crippen LogP contribution in [0.3, 0.4) is 0 Å². The van der Waals surface area contributed by atoms with Gasteiger partial charge in [0.05, 0.1) is 48.2 Å². The van der Waals surface area contributed by atoms with Gasteiger partial charge in [0.25, 0.3) is 0 Å². The fourth-order valence-corrected chi connectivity index (χ4v) is 2.84. The lowest BCUT2D eigenvalue weighted by atomic mass is 10.0. The highest BCUT2D eigenvalue weighted by atomic mass is 16.5. The van der Waals surface area contributed by atoms with Gasteiger partial charge in [-0.25, -0.2) is 0 Å². The molecular weight excluding hydrogens is 364 g/mol. The number of rotatable bonds is 9. The fraction of sp³-hybridized carbons (Fsp3) is 0.286. The molecule has 2 aromatic carbocycles. The van der Waals surface area contributed by atoms with Gasteiger partial charge in [0.2, 0.25) is 23.0 Å². The Hall–Kier alpha value is -3.35. The van der Waals surface area contributed by atoms with Crippen LogP contribution in [0.2, 0.25) is 0 Å². The molecule has 0 aliphatic carbocycles. The highest BCUT2D eigenvalue weighted by Gasteiger charge is 2.28. The second-order valence-corrected chi connectivity index (χ2v) is 5.49. The van der Waals surface area contributed by atoms with Crippen LogP contribution < -0.4 is 18.9 Å². The lowest BCUT2D eigenvalue weighted by molar-refractivity contribution is 0.0947. The first kappa shape index (κ1) is 21.0. The van der Waals surface area contributed by atoms with Crippen molar-refractivity contribution >= 4 is 11.5 Å². The summed E-state index contributed by atoms with van der Waals surface area (Å²) in [6.07, 6.45) is 0. The van der Waals surface area contributed by atoms with E-state index in [9.17, 15) is 4.79 Å². The van der Waals surface area contributed by atoms with Gasteiger partial charge in [-0.1, -0.05) is 30.3 Å². The molecule has 0 aliphatic heterocycles. The topological polar surface area (TPSA) is 72.5 Å². The third-order valence-electron chi connectivity index (χ3n) is 4.09. The molecule has 150 valence electrons. The minimum absolute atomic E-state index is 0.0151. The van der Waals surface area contributed by atoms with Crippen molar-refractivity contribution in [3.63, 3.8) is 0 Å². The maximum Gasteiger partial charge on any atom is 0.231 e. The Morgan fingerprint density at radius 2 is 1.32 bits per heavy atom. The Bertz CT molecular complexity index is 857. The van der Waals surface area contributed by atoms with Gasteiger partial charge in [-0.05, 0) is 6.07 Å². The van der Waals surface area contributed by atoms with Crippen LogP contribution in [-0.4, -0.2) is 48.4 Å². The van der Waals surface area contributed by atoms with Gasteiger partial charge in [0, 0.05) is 5.56 Å². The molecule has 0 spiro atoms. The Morgan fingerprint density at radius 3 is 1.79 bits per heavy atom. The van der Waals surface area contributed by atoms with Gasteiger partial charge in [-0.2, -0.15) is 0 Å². The van der Waals surface area contributed by atoms with E-state index >= 15 is 0 Å². The molecule has 0 aromatic heterocycles. The quantitative estimate of drug-likeness (QED) is 0.369. The largest absolute Gasteiger partial charge is 0.493 e. The van der Waals surface area contributed by atoms with E-state index in [1.165, 1.54) is 42.7 Å². The molecule has 0 N–H and O–H groups in total. The number of Topliss-reactive ketones (excluding diaryl/α,β-unsaturated/α-hetero) is 1. The number of hydrogen-bond acceptors (Lipinski definition) is 7. The van der Waals surface area contributed by atoms with E-state index in [1.54, 1.807) is 30.3 Å². The molecule has 0 atom stereocenters. The molecule has 28 heavy (non-hydrogen) atoms. The van der Waals surface area contributed by atoms with Crippen molar-refractivity contribution in [3.8, 4) is 23.0 Å². The maximum absolute atomic E-state index is 13.0. The van der Waals surface area contributed by atoms with Crippen LogP contribution >= 0.6 is 0 Å². The summed E-state index contributed by atoms with van der Waals surface area (Å²) in [6, 6.07) is 10.4. The Kier molecular flexibility index (Phi) is 7.14. The molecule has 2 aromatic rings. The van der Waals surface area contributed by atoms with Gasteiger partial charge in [-0.3, -0.25) is 4.79 Å². The summed E-state index contributed by atoms with van der Waals surface area (Å²) in [4.78, 5) is 13.0. The van der Waals surface area contributed by atoms with E-state index in [2.05, 4.69) is 0 Å². The second kappa shape index (κ2) is 9.55. The normalized spacial score (nSPS) is 11.2. The first-order valence-electron chi connectivity index (χ1n) is 8.37. The van der Waals surface area contributed by atoms with Crippen LogP contribution in [-0.2, 0) is 9.47 Å². The Balaban J connectivity index is 2.80. The van der Waals surface area contributed by atoms with Crippen molar-refractivity contribution in [2.45, 2.75) is 0 Å². The van der Waals surface area contributed by atoms with Gasteiger partial charge in [-0.15, -0.1) is 0 Å². The highest BCUT2D eigenvalue weighted by Crippen LogP contribution is 2.49. The van der Waals surface area contributed by atoms with Crippen LogP contribution in [0, 0.1) is 0 Å². The number of carbonyl (C=O) groups excluding carboxylic acids is 1.